The fraction of sp³-hybridized carbons (Fsp3) is 0.321. The fourth-order valence-electron chi connectivity index (χ4n) is 4.75. The first-order chi connectivity index (χ1) is 18.3. The summed E-state index contributed by atoms with van der Waals surface area (Å²) in [5.41, 5.74) is 3.09. The van der Waals surface area contributed by atoms with E-state index in [1.165, 1.54) is 12.1 Å². The number of nitrogens with zero attached hydrogens (tertiary/aromatic N) is 4. The van der Waals surface area contributed by atoms with Gasteiger partial charge in [0.15, 0.2) is 17.2 Å². The van der Waals surface area contributed by atoms with Crippen LogP contribution in [0, 0.1) is 11.7 Å². The van der Waals surface area contributed by atoms with Crippen LogP contribution in [-0.4, -0.2) is 45.1 Å². The summed E-state index contributed by atoms with van der Waals surface area (Å²) in [5.74, 6) is 0.339. The molecule has 9 nitrogen and oxygen atoms in total. The van der Waals surface area contributed by atoms with Crippen LogP contribution in [0.4, 0.5) is 10.2 Å². The maximum absolute atomic E-state index is 15.2. The van der Waals surface area contributed by atoms with E-state index in [1.807, 2.05) is 26.0 Å². The van der Waals surface area contributed by atoms with Gasteiger partial charge in [0.1, 0.15) is 5.82 Å². The van der Waals surface area contributed by atoms with E-state index in [2.05, 4.69) is 37.1 Å². The van der Waals surface area contributed by atoms with Crippen molar-refractivity contribution in [1.82, 2.24) is 25.7 Å². The van der Waals surface area contributed by atoms with Gasteiger partial charge < -0.3 is 14.7 Å². The molecule has 4 aromatic rings. The Bertz CT molecular complexity index is 1510. The number of amides is 1. The van der Waals surface area contributed by atoms with Gasteiger partial charge >= 0.3 is 0 Å². The predicted octanol–water partition coefficient (Wildman–Crippen LogP) is 4.78. The number of pyridine rings is 1. The monoisotopic (exact) mass is 516 g/mol. The van der Waals surface area contributed by atoms with Gasteiger partial charge in [-0.2, -0.15) is 5.10 Å². The van der Waals surface area contributed by atoms with Crippen LogP contribution in [-0.2, 0) is 11.3 Å². The second-order valence-corrected chi connectivity index (χ2v) is 9.86. The lowest BCUT2D eigenvalue weighted by Gasteiger charge is -2.17. The van der Waals surface area contributed by atoms with Gasteiger partial charge in [-0.05, 0) is 47.6 Å². The van der Waals surface area contributed by atoms with Gasteiger partial charge in [-0.15, -0.1) is 0 Å². The molecule has 4 heterocycles. The first kappa shape index (κ1) is 25.3. The molecule has 3 aromatic heterocycles. The zero-order valence-electron chi connectivity index (χ0n) is 21.3. The molecule has 0 spiro atoms. The van der Waals surface area contributed by atoms with Gasteiger partial charge in [-0.25, -0.2) is 9.37 Å². The zero-order valence-corrected chi connectivity index (χ0v) is 21.3. The summed E-state index contributed by atoms with van der Waals surface area (Å²) in [5, 5.41) is 14.9. The van der Waals surface area contributed by atoms with E-state index < -0.39 is 11.7 Å². The number of ketones is 1. The minimum atomic E-state index is -0.453. The molecule has 0 aliphatic carbocycles. The van der Waals surface area contributed by atoms with E-state index in [9.17, 15) is 9.59 Å². The Kier molecular flexibility index (Phi) is 7.04. The third-order valence-corrected chi connectivity index (χ3v) is 6.89. The Labute approximate surface area is 219 Å². The molecular weight excluding hydrogens is 487 g/mol. The highest BCUT2D eigenvalue weighted by molar-refractivity contribution is 6.01. The molecule has 1 atom stereocenters. The number of aromatic nitrogens is 4. The maximum Gasteiger partial charge on any atom is 0.290 e. The van der Waals surface area contributed by atoms with Crippen molar-refractivity contribution >= 4 is 28.5 Å². The zero-order chi connectivity index (χ0) is 26.8. The number of aromatic amines is 1. The topological polar surface area (TPSA) is 117 Å². The SMILES string of the molecule is C=CC(=O)C[C@@H]1CCN(c2n[nH]c3nccc(-c4ccc(CNC(=O)c5cc(C(C)C)no5)c(F)c4)c23)C1. The fourth-order valence-corrected chi connectivity index (χ4v) is 4.75. The lowest BCUT2D eigenvalue weighted by molar-refractivity contribution is -0.115. The normalized spacial score (nSPS) is 15.4. The molecular formula is C28H29FN6O3. The number of allylic oxidation sites excluding steroid dienone is 1. The first-order valence-corrected chi connectivity index (χ1v) is 12.6. The maximum atomic E-state index is 15.2. The molecule has 196 valence electrons. The van der Waals surface area contributed by atoms with Crippen molar-refractivity contribution in [3.63, 3.8) is 0 Å². The van der Waals surface area contributed by atoms with E-state index in [4.69, 9.17) is 4.52 Å². The van der Waals surface area contributed by atoms with Crippen molar-refractivity contribution in [2.24, 2.45) is 5.92 Å². The van der Waals surface area contributed by atoms with Crippen LogP contribution in [0.5, 0.6) is 0 Å². The van der Waals surface area contributed by atoms with E-state index >= 15 is 4.39 Å². The Morgan fingerprint density at radius 3 is 2.89 bits per heavy atom. The standard InChI is InChI=1S/C28H29FN6O3/c1-4-20(36)11-17-8-10-35(15-17)27-25-21(7-9-30-26(25)32-33-27)18-5-6-19(22(29)12-18)14-31-28(37)24-13-23(16(2)3)34-38-24/h4-7,9,12-13,16-17H,1,8,10-11,14-15H2,2-3H3,(H,31,37)(H,30,32,33)/t17-/m0/s1. The molecule has 1 fully saturated rings. The second kappa shape index (κ2) is 10.6. The highest BCUT2D eigenvalue weighted by Crippen LogP contribution is 2.36. The molecule has 1 aromatic carbocycles. The Morgan fingerprint density at radius 1 is 1.32 bits per heavy atom. The Morgan fingerprint density at radius 2 is 2.16 bits per heavy atom. The third kappa shape index (κ3) is 5.06. The summed E-state index contributed by atoms with van der Waals surface area (Å²) in [6.07, 6.45) is 4.37. The quantitative estimate of drug-likeness (QED) is 0.308. The van der Waals surface area contributed by atoms with E-state index in [0.717, 1.165) is 29.7 Å². The van der Waals surface area contributed by atoms with Gasteiger partial charge in [-0.1, -0.05) is 37.7 Å². The molecule has 1 amide bonds. The minimum Gasteiger partial charge on any atom is -0.354 e. The van der Waals surface area contributed by atoms with Crippen molar-refractivity contribution in [2.75, 3.05) is 18.0 Å². The number of nitrogens with one attached hydrogen (secondary N) is 2. The minimum absolute atomic E-state index is 0.00394. The second-order valence-electron chi connectivity index (χ2n) is 9.86. The van der Waals surface area contributed by atoms with Crippen molar-refractivity contribution in [3.05, 3.63) is 72.0 Å². The lowest BCUT2D eigenvalue weighted by atomic mass is 10.0. The molecule has 1 aliphatic rings. The average Bonchev–Trinajstić information content (AvgIpc) is 3.67. The van der Waals surface area contributed by atoms with Crippen LogP contribution < -0.4 is 10.2 Å². The third-order valence-electron chi connectivity index (χ3n) is 6.89. The van der Waals surface area contributed by atoms with Gasteiger partial charge in [-0.3, -0.25) is 14.7 Å². The summed E-state index contributed by atoms with van der Waals surface area (Å²) < 4.78 is 20.3. The molecule has 1 aliphatic heterocycles. The van der Waals surface area contributed by atoms with Gasteiger partial charge in [0, 0.05) is 43.9 Å². The molecule has 1 saturated heterocycles. The summed E-state index contributed by atoms with van der Waals surface area (Å²) >= 11 is 0. The van der Waals surface area contributed by atoms with Gasteiger partial charge in [0.25, 0.3) is 5.91 Å². The number of benzene rings is 1. The number of carbonyl (C=O) groups excluding carboxylic acids is 2. The molecule has 10 heteroatoms. The summed E-state index contributed by atoms with van der Waals surface area (Å²) in [6, 6.07) is 8.35. The molecule has 0 bridgehead atoms. The smallest absolute Gasteiger partial charge is 0.290 e. The predicted molar refractivity (Wildman–Crippen MR) is 141 cm³/mol. The van der Waals surface area contributed by atoms with E-state index in [0.29, 0.717) is 35.4 Å². The van der Waals surface area contributed by atoms with Crippen LogP contribution >= 0.6 is 0 Å². The number of hydrogen-bond donors (Lipinski definition) is 2. The Hall–Kier alpha value is -4.34. The number of anilines is 1. The van der Waals surface area contributed by atoms with Gasteiger partial charge in [0.2, 0.25) is 5.76 Å². The number of halogens is 1. The highest BCUT2D eigenvalue weighted by Gasteiger charge is 2.28. The average molecular weight is 517 g/mol. The summed E-state index contributed by atoms with van der Waals surface area (Å²) in [6.45, 7) is 8.94. The van der Waals surface area contributed by atoms with Crippen LogP contribution in [0.15, 0.2) is 53.7 Å². The number of carbonyl (C=O) groups is 2. The van der Waals surface area contributed by atoms with Crippen LogP contribution in [0.1, 0.15) is 54.4 Å². The van der Waals surface area contributed by atoms with Crippen molar-refractivity contribution < 1.29 is 18.5 Å². The van der Waals surface area contributed by atoms with Crippen LogP contribution in [0.25, 0.3) is 22.2 Å². The molecule has 38 heavy (non-hydrogen) atoms. The van der Waals surface area contributed by atoms with Crippen LogP contribution in [0.2, 0.25) is 0 Å². The molecule has 0 unspecified atom stereocenters. The van der Waals surface area contributed by atoms with Gasteiger partial charge in [0.05, 0.1) is 11.1 Å². The summed E-state index contributed by atoms with van der Waals surface area (Å²) in [7, 11) is 0. The highest BCUT2D eigenvalue weighted by atomic mass is 19.1. The molecule has 0 saturated carbocycles. The van der Waals surface area contributed by atoms with Crippen LogP contribution in [0.3, 0.4) is 0 Å². The first-order valence-electron chi connectivity index (χ1n) is 12.6. The number of H-pyrrole nitrogens is 1. The summed E-state index contributed by atoms with van der Waals surface area (Å²) in [4.78, 5) is 30.8. The van der Waals surface area contributed by atoms with Crippen molar-refractivity contribution in [3.8, 4) is 11.1 Å². The molecule has 5 rings (SSSR count). The van der Waals surface area contributed by atoms with E-state index in [1.54, 1.807) is 18.3 Å². The number of hydrogen-bond acceptors (Lipinski definition) is 7. The number of fused-ring (bicyclic) bond motifs is 1. The Balaban J connectivity index is 1.35. The number of rotatable bonds is 9. The van der Waals surface area contributed by atoms with Crippen molar-refractivity contribution in [2.45, 2.75) is 39.2 Å². The van der Waals surface area contributed by atoms with Crippen molar-refractivity contribution in [1.29, 1.82) is 0 Å². The largest absolute Gasteiger partial charge is 0.354 e. The lowest BCUT2D eigenvalue weighted by Crippen LogP contribution is -2.22. The molecule has 2 N–H and O–H groups in total. The van der Waals surface area contributed by atoms with E-state index in [-0.39, 0.29) is 29.9 Å². The molecule has 0 radical (unpaired) electrons.